The number of carbonyl (C=O) groups excluding carboxylic acids is 1. The van der Waals surface area contributed by atoms with Gasteiger partial charge in [-0.05, 0) is 34.9 Å². The lowest BCUT2D eigenvalue weighted by atomic mass is 10.0. The summed E-state index contributed by atoms with van der Waals surface area (Å²) < 4.78 is 0. The summed E-state index contributed by atoms with van der Waals surface area (Å²) in [6.07, 6.45) is -0.0638. The van der Waals surface area contributed by atoms with Crippen LogP contribution in [0.25, 0.3) is 0 Å². The summed E-state index contributed by atoms with van der Waals surface area (Å²) in [4.78, 5) is 14.7. The number of thiophene rings is 1. The van der Waals surface area contributed by atoms with Crippen LogP contribution in [0.15, 0.2) is 41.1 Å². The zero-order chi connectivity index (χ0) is 14.1. The van der Waals surface area contributed by atoms with E-state index in [1.807, 2.05) is 29.2 Å². The fourth-order valence-corrected chi connectivity index (χ4v) is 3.25. The number of carbonyl (C=O) groups is 1. The van der Waals surface area contributed by atoms with Crippen LogP contribution in [0.2, 0.25) is 0 Å². The van der Waals surface area contributed by atoms with E-state index in [1.54, 1.807) is 11.3 Å². The van der Waals surface area contributed by atoms with E-state index < -0.39 is 0 Å². The maximum absolute atomic E-state index is 12.7. The molecule has 1 aromatic heterocycles. The fourth-order valence-electron chi connectivity index (χ4n) is 2.57. The number of benzene rings is 1. The Morgan fingerprint density at radius 3 is 2.80 bits per heavy atom. The number of para-hydroxylation sites is 1. The molecule has 20 heavy (non-hydrogen) atoms. The lowest BCUT2D eigenvalue weighted by molar-refractivity contribution is 0.0658. The average molecular weight is 286 g/mol. The Morgan fingerprint density at radius 1 is 1.30 bits per heavy atom. The Balaban J connectivity index is 2.02. The number of fused-ring (bicyclic) bond motifs is 1. The van der Waals surface area contributed by atoms with E-state index in [-0.39, 0.29) is 12.1 Å². The van der Waals surface area contributed by atoms with Gasteiger partial charge < -0.3 is 10.2 Å². The standard InChI is InChI=1S/C16H18N2OS/c1-11(2)9-18-15(12-7-8-20-10-12)17-14-6-4-3-5-13(14)16(18)19/h3-8,10-11,15,17H,9H2,1-2H3. The second-order valence-electron chi connectivity index (χ2n) is 5.50. The van der Waals surface area contributed by atoms with Crippen LogP contribution in [0.4, 0.5) is 5.69 Å². The molecule has 0 aliphatic carbocycles. The van der Waals surface area contributed by atoms with E-state index in [2.05, 4.69) is 36.0 Å². The Kier molecular flexibility index (Phi) is 3.49. The number of hydrogen-bond acceptors (Lipinski definition) is 3. The maximum atomic E-state index is 12.7. The number of nitrogens with one attached hydrogen (secondary N) is 1. The summed E-state index contributed by atoms with van der Waals surface area (Å²) in [6, 6.07) is 9.82. The number of rotatable bonds is 3. The first kappa shape index (κ1) is 13.2. The SMILES string of the molecule is CC(C)CN1C(=O)c2ccccc2NC1c1ccsc1. The summed E-state index contributed by atoms with van der Waals surface area (Å²) in [5, 5.41) is 7.65. The molecule has 1 aliphatic rings. The van der Waals surface area contributed by atoms with Crippen LogP contribution < -0.4 is 5.32 Å². The van der Waals surface area contributed by atoms with Crippen molar-refractivity contribution in [2.45, 2.75) is 20.0 Å². The molecule has 104 valence electrons. The third-order valence-corrected chi connectivity index (χ3v) is 4.14. The minimum Gasteiger partial charge on any atom is -0.361 e. The third kappa shape index (κ3) is 2.31. The van der Waals surface area contributed by atoms with Gasteiger partial charge in [0.25, 0.3) is 5.91 Å². The van der Waals surface area contributed by atoms with Gasteiger partial charge in [-0.3, -0.25) is 4.79 Å². The molecule has 1 amide bonds. The van der Waals surface area contributed by atoms with Gasteiger partial charge in [-0.25, -0.2) is 0 Å². The van der Waals surface area contributed by atoms with Gasteiger partial charge in [0.05, 0.1) is 5.56 Å². The summed E-state index contributed by atoms with van der Waals surface area (Å²) >= 11 is 1.66. The van der Waals surface area contributed by atoms with Crippen LogP contribution in [-0.4, -0.2) is 17.4 Å². The highest BCUT2D eigenvalue weighted by Gasteiger charge is 2.32. The number of anilines is 1. The van der Waals surface area contributed by atoms with E-state index in [1.165, 1.54) is 0 Å². The number of nitrogens with zero attached hydrogens (tertiary/aromatic N) is 1. The molecular weight excluding hydrogens is 268 g/mol. The molecule has 0 spiro atoms. The van der Waals surface area contributed by atoms with Crippen molar-refractivity contribution in [2.24, 2.45) is 5.92 Å². The van der Waals surface area contributed by atoms with Gasteiger partial charge in [-0.1, -0.05) is 26.0 Å². The highest BCUT2D eigenvalue weighted by Crippen LogP contribution is 2.34. The molecule has 1 aliphatic heterocycles. The van der Waals surface area contributed by atoms with Gasteiger partial charge in [-0.15, -0.1) is 0 Å². The molecule has 2 aromatic rings. The van der Waals surface area contributed by atoms with E-state index in [0.29, 0.717) is 5.92 Å². The van der Waals surface area contributed by atoms with Crippen LogP contribution >= 0.6 is 11.3 Å². The topological polar surface area (TPSA) is 32.3 Å². The van der Waals surface area contributed by atoms with Crippen LogP contribution in [0.3, 0.4) is 0 Å². The van der Waals surface area contributed by atoms with Crippen molar-refractivity contribution in [3.63, 3.8) is 0 Å². The minimum absolute atomic E-state index is 0.0638. The molecular formula is C16H18N2OS. The van der Waals surface area contributed by atoms with Crippen molar-refractivity contribution < 1.29 is 4.79 Å². The monoisotopic (exact) mass is 286 g/mol. The molecule has 3 rings (SSSR count). The average Bonchev–Trinajstić information content (AvgIpc) is 2.95. The lowest BCUT2D eigenvalue weighted by Gasteiger charge is -2.38. The highest BCUT2D eigenvalue weighted by atomic mass is 32.1. The predicted molar refractivity (Wildman–Crippen MR) is 83.0 cm³/mol. The molecule has 1 aromatic carbocycles. The van der Waals surface area contributed by atoms with Gasteiger partial charge in [0, 0.05) is 17.8 Å². The quantitative estimate of drug-likeness (QED) is 0.926. The van der Waals surface area contributed by atoms with Crippen molar-refractivity contribution in [1.29, 1.82) is 0 Å². The first-order valence-corrected chi connectivity index (χ1v) is 7.79. The van der Waals surface area contributed by atoms with Gasteiger partial charge in [0.2, 0.25) is 0 Å². The zero-order valence-electron chi connectivity index (χ0n) is 11.7. The summed E-state index contributed by atoms with van der Waals surface area (Å²) in [5.74, 6) is 0.552. The second-order valence-corrected chi connectivity index (χ2v) is 6.28. The Morgan fingerprint density at radius 2 is 2.10 bits per heavy atom. The second kappa shape index (κ2) is 5.29. The highest BCUT2D eigenvalue weighted by molar-refractivity contribution is 7.08. The van der Waals surface area contributed by atoms with E-state index >= 15 is 0 Å². The molecule has 1 N–H and O–H groups in total. The summed E-state index contributed by atoms with van der Waals surface area (Å²) in [7, 11) is 0. The molecule has 0 saturated carbocycles. The Bertz CT molecular complexity index is 607. The first-order valence-electron chi connectivity index (χ1n) is 6.85. The van der Waals surface area contributed by atoms with Crippen LogP contribution in [0, 0.1) is 5.92 Å². The van der Waals surface area contributed by atoms with Gasteiger partial charge in [-0.2, -0.15) is 11.3 Å². The van der Waals surface area contributed by atoms with E-state index in [4.69, 9.17) is 0 Å². The maximum Gasteiger partial charge on any atom is 0.257 e. The summed E-state index contributed by atoms with van der Waals surface area (Å²) in [5.41, 5.74) is 2.84. The molecule has 1 unspecified atom stereocenters. The van der Waals surface area contributed by atoms with Crippen LogP contribution in [-0.2, 0) is 0 Å². The van der Waals surface area contributed by atoms with Crippen molar-refractivity contribution in [2.75, 3.05) is 11.9 Å². The molecule has 0 saturated heterocycles. The van der Waals surface area contributed by atoms with E-state index in [9.17, 15) is 4.79 Å². The zero-order valence-corrected chi connectivity index (χ0v) is 12.5. The molecule has 0 bridgehead atoms. The number of amides is 1. The smallest absolute Gasteiger partial charge is 0.257 e. The van der Waals surface area contributed by atoms with Gasteiger partial charge >= 0.3 is 0 Å². The predicted octanol–water partition coefficient (Wildman–Crippen LogP) is 3.97. The largest absolute Gasteiger partial charge is 0.361 e. The molecule has 0 radical (unpaired) electrons. The Hall–Kier alpha value is -1.81. The van der Waals surface area contributed by atoms with Crippen molar-refractivity contribution in [1.82, 2.24) is 4.90 Å². The van der Waals surface area contributed by atoms with Gasteiger partial charge in [0.1, 0.15) is 6.17 Å². The number of hydrogen-bond donors (Lipinski definition) is 1. The fraction of sp³-hybridized carbons (Fsp3) is 0.312. The van der Waals surface area contributed by atoms with Crippen LogP contribution in [0.5, 0.6) is 0 Å². The molecule has 4 heteroatoms. The van der Waals surface area contributed by atoms with Crippen molar-refractivity contribution in [3.8, 4) is 0 Å². The van der Waals surface area contributed by atoms with Crippen molar-refractivity contribution >= 4 is 22.9 Å². The third-order valence-electron chi connectivity index (χ3n) is 3.44. The summed E-state index contributed by atoms with van der Waals surface area (Å²) in [6.45, 7) is 5.03. The Labute approximate surface area is 123 Å². The minimum atomic E-state index is -0.0638. The lowest BCUT2D eigenvalue weighted by Crippen LogP contribution is -2.44. The molecule has 2 heterocycles. The van der Waals surface area contributed by atoms with Crippen LogP contribution in [0.1, 0.15) is 35.9 Å². The van der Waals surface area contributed by atoms with Gasteiger partial charge in [0.15, 0.2) is 0 Å². The van der Waals surface area contributed by atoms with Crippen molar-refractivity contribution in [3.05, 3.63) is 52.2 Å². The molecule has 0 fully saturated rings. The first-order chi connectivity index (χ1) is 9.66. The molecule has 1 atom stereocenters. The normalized spacial score (nSPS) is 18.1. The molecule has 3 nitrogen and oxygen atoms in total. The van der Waals surface area contributed by atoms with E-state index in [0.717, 1.165) is 23.4 Å².